The zero-order valence-corrected chi connectivity index (χ0v) is 14.9. The Labute approximate surface area is 152 Å². The maximum absolute atomic E-state index is 9.14. The number of aromatic amines is 1. The molecule has 26 heavy (non-hydrogen) atoms. The monoisotopic (exact) mass is 352 g/mol. The van der Waals surface area contributed by atoms with Crippen molar-refractivity contribution >= 4 is 28.5 Å². The molecule has 1 fully saturated rings. The van der Waals surface area contributed by atoms with Crippen LogP contribution in [0.1, 0.15) is 25.0 Å². The maximum atomic E-state index is 9.14. The molecule has 7 nitrogen and oxygen atoms in total. The molecule has 1 aliphatic heterocycles. The summed E-state index contributed by atoms with van der Waals surface area (Å²) in [6, 6.07) is 9.98. The van der Waals surface area contributed by atoms with Crippen LogP contribution in [0.5, 0.6) is 0 Å². The number of hydrogen-bond donors (Lipinski definition) is 3. The summed E-state index contributed by atoms with van der Waals surface area (Å²) in [5.41, 5.74) is 1.92. The normalized spacial score (nSPS) is 15.5. The van der Waals surface area contributed by atoms with E-state index in [4.69, 9.17) is 15.1 Å². The van der Waals surface area contributed by atoms with E-state index in [1.54, 1.807) is 0 Å². The van der Waals surface area contributed by atoms with Crippen LogP contribution in [0.4, 0.5) is 17.6 Å². The first-order chi connectivity index (χ1) is 12.7. The molecule has 2 aromatic heterocycles. The van der Waals surface area contributed by atoms with Gasteiger partial charge in [0.15, 0.2) is 5.82 Å². The van der Waals surface area contributed by atoms with Crippen molar-refractivity contribution in [2.24, 2.45) is 5.92 Å². The topological polar surface area (TPSA) is 90.0 Å². The summed E-state index contributed by atoms with van der Waals surface area (Å²) in [7, 11) is 0. The molecule has 1 saturated heterocycles. The van der Waals surface area contributed by atoms with Crippen LogP contribution in [-0.2, 0) is 0 Å². The summed E-state index contributed by atoms with van der Waals surface area (Å²) in [5, 5.41) is 20.6. The minimum absolute atomic E-state index is 0.272. The number of piperidine rings is 1. The molecule has 0 aliphatic carbocycles. The molecule has 3 N–H and O–H groups in total. The van der Waals surface area contributed by atoms with Gasteiger partial charge in [0.1, 0.15) is 5.82 Å². The molecular weight excluding hydrogens is 328 g/mol. The molecule has 0 saturated carbocycles. The second-order valence-corrected chi connectivity index (χ2v) is 6.89. The Bertz CT molecular complexity index is 885. The largest absolute Gasteiger partial charge is 0.396 e. The van der Waals surface area contributed by atoms with E-state index in [1.807, 2.05) is 37.3 Å². The van der Waals surface area contributed by atoms with E-state index in [2.05, 4.69) is 20.4 Å². The molecule has 1 aromatic carbocycles. The van der Waals surface area contributed by atoms with E-state index < -0.39 is 0 Å². The van der Waals surface area contributed by atoms with Crippen molar-refractivity contribution in [2.45, 2.75) is 26.2 Å². The number of aryl methyl sites for hydroxylation is 1. The Kier molecular flexibility index (Phi) is 4.71. The zero-order valence-electron chi connectivity index (χ0n) is 14.9. The van der Waals surface area contributed by atoms with Gasteiger partial charge in [-0.2, -0.15) is 10.1 Å². The second kappa shape index (κ2) is 7.29. The van der Waals surface area contributed by atoms with Crippen LogP contribution in [-0.4, -0.2) is 45.0 Å². The first kappa shape index (κ1) is 16.8. The number of nitrogens with zero attached hydrogens (tertiary/aromatic N) is 4. The van der Waals surface area contributed by atoms with Gasteiger partial charge in [-0.3, -0.25) is 5.10 Å². The quantitative estimate of drug-likeness (QED) is 0.654. The fourth-order valence-electron chi connectivity index (χ4n) is 3.51. The van der Waals surface area contributed by atoms with Crippen molar-refractivity contribution in [3.05, 3.63) is 36.0 Å². The Morgan fingerprint density at radius 1 is 1.23 bits per heavy atom. The van der Waals surface area contributed by atoms with Crippen molar-refractivity contribution in [2.75, 3.05) is 29.9 Å². The number of nitrogens with one attached hydrogen (secondary N) is 2. The Morgan fingerprint density at radius 3 is 2.77 bits per heavy atom. The molecule has 3 aromatic rings. The third-order valence-corrected chi connectivity index (χ3v) is 4.98. The summed E-state index contributed by atoms with van der Waals surface area (Å²) in [5.74, 6) is 2.87. The summed E-state index contributed by atoms with van der Waals surface area (Å²) in [6.45, 7) is 4.08. The molecule has 3 heterocycles. The number of anilines is 3. The van der Waals surface area contributed by atoms with E-state index >= 15 is 0 Å². The molecule has 1 aliphatic rings. The second-order valence-electron chi connectivity index (χ2n) is 6.89. The van der Waals surface area contributed by atoms with Crippen LogP contribution in [0.15, 0.2) is 30.3 Å². The van der Waals surface area contributed by atoms with E-state index in [0.717, 1.165) is 66.5 Å². The Morgan fingerprint density at radius 2 is 2.04 bits per heavy atom. The number of para-hydroxylation sites is 1. The minimum Gasteiger partial charge on any atom is -0.396 e. The predicted molar refractivity (Wildman–Crippen MR) is 103 cm³/mol. The SMILES string of the molecule is Cc1cc(Nc2nc(N3CCC(CCO)CC3)nc3ccccc23)n[nH]1. The smallest absolute Gasteiger partial charge is 0.227 e. The van der Waals surface area contributed by atoms with Gasteiger partial charge in [0, 0.05) is 36.8 Å². The molecule has 0 unspecified atom stereocenters. The average molecular weight is 352 g/mol. The first-order valence-corrected chi connectivity index (χ1v) is 9.14. The van der Waals surface area contributed by atoms with E-state index in [9.17, 15) is 0 Å². The van der Waals surface area contributed by atoms with Crippen molar-refractivity contribution in [1.29, 1.82) is 0 Å². The Balaban J connectivity index is 1.63. The third kappa shape index (κ3) is 3.48. The molecule has 0 amide bonds. The molecule has 0 spiro atoms. The van der Waals surface area contributed by atoms with Gasteiger partial charge in [0.25, 0.3) is 0 Å². The molecule has 4 rings (SSSR count). The van der Waals surface area contributed by atoms with E-state index in [1.165, 1.54) is 0 Å². The number of hydrogen-bond acceptors (Lipinski definition) is 6. The predicted octanol–water partition coefficient (Wildman–Crippen LogP) is 3.00. The zero-order chi connectivity index (χ0) is 17.9. The maximum Gasteiger partial charge on any atom is 0.227 e. The summed E-state index contributed by atoms with van der Waals surface area (Å²) in [4.78, 5) is 11.8. The lowest BCUT2D eigenvalue weighted by molar-refractivity contribution is 0.240. The number of H-pyrrole nitrogens is 1. The van der Waals surface area contributed by atoms with Crippen LogP contribution < -0.4 is 10.2 Å². The molecular formula is C19H24N6O. The van der Waals surface area contributed by atoms with Crippen LogP contribution >= 0.6 is 0 Å². The minimum atomic E-state index is 0.272. The molecule has 0 radical (unpaired) electrons. The van der Waals surface area contributed by atoms with Gasteiger partial charge in [-0.05, 0) is 44.2 Å². The molecule has 0 atom stereocenters. The van der Waals surface area contributed by atoms with Crippen molar-refractivity contribution in [3.63, 3.8) is 0 Å². The highest BCUT2D eigenvalue weighted by Gasteiger charge is 2.22. The third-order valence-electron chi connectivity index (χ3n) is 4.98. The molecule has 7 heteroatoms. The van der Waals surface area contributed by atoms with Crippen molar-refractivity contribution < 1.29 is 5.11 Å². The highest BCUT2D eigenvalue weighted by atomic mass is 16.3. The number of rotatable bonds is 5. The van der Waals surface area contributed by atoms with Crippen LogP contribution in [0.2, 0.25) is 0 Å². The molecule has 0 bridgehead atoms. The highest BCUT2D eigenvalue weighted by molar-refractivity contribution is 5.91. The number of benzene rings is 1. The fraction of sp³-hybridized carbons (Fsp3) is 0.421. The van der Waals surface area contributed by atoms with Crippen molar-refractivity contribution in [3.8, 4) is 0 Å². The lowest BCUT2D eigenvalue weighted by Crippen LogP contribution is -2.35. The van der Waals surface area contributed by atoms with Gasteiger partial charge in [-0.15, -0.1) is 0 Å². The van der Waals surface area contributed by atoms with Crippen LogP contribution in [0.3, 0.4) is 0 Å². The highest BCUT2D eigenvalue weighted by Crippen LogP contribution is 2.28. The fourth-order valence-corrected chi connectivity index (χ4v) is 3.51. The van der Waals surface area contributed by atoms with Crippen LogP contribution in [0, 0.1) is 12.8 Å². The number of aromatic nitrogens is 4. The summed E-state index contributed by atoms with van der Waals surface area (Å²) < 4.78 is 0. The van der Waals surface area contributed by atoms with Gasteiger partial charge < -0.3 is 15.3 Å². The van der Waals surface area contributed by atoms with Gasteiger partial charge in [-0.1, -0.05) is 12.1 Å². The van der Waals surface area contributed by atoms with Gasteiger partial charge >= 0.3 is 0 Å². The van der Waals surface area contributed by atoms with Crippen molar-refractivity contribution in [1.82, 2.24) is 20.2 Å². The molecule has 136 valence electrons. The van der Waals surface area contributed by atoms with E-state index in [0.29, 0.717) is 5.92 Å². The number of aliphatic hydroxyl groups excluding tert-OH is 1. The van der Waals surface area contributed by atoms with E-state index in [-0.39, 0.29) is 6.61 Å². The summed E-state index contributed by atoms with van der Waals surface area (Å²) >= 11 is 0. The standard InChI is InChI=1S/C19H24N6O/c1-13-12-17(24-23-13)21-18-15-4-2-3-5-16(15)20-19(22-18)25-9-6-14(7-10-25)8-11-26/h2-5,12,14,26H,6-11H2,1H3,(H2,20,21,22,23,24). The average Bonchev–Trinajstić information content (AvgIpc) is 3.07. The lowest BCUT2D eigenvalue weighted by atomic mass is 9.94. The van der Waals surface area contributed by atoms with Gasteiger partial charge in [0.2, 0.25) is 5.95 Å². The number of fused-ring (bicyclic) bond motifs is 1. The van der Waals surface area contributed by atoms with Gasteiger partial charge in [-0.25, -0.2) is 4.98 Å². The van der Waals surface area contributed by atoms with Crippen LogP contribution in [0.25, 0.3) is 10.9 Å². The lowest BCUT2D eigenvalue weighted by Gasteiger charge is -2.32. The number of aliphatic hydroxyl groups is 1. The summed E-state index contributed by atoms with van der Waals surface area (Å²) in [6.07, 6.45) is 3.02. The van der Waals surface area contributed by atoms with Gasteiger partial charge in [0.05, 0.1) is 5.52 Å². The Hall–Kier alpha value is -2.67. The first-order valence-electron chi connectivity index (χ1n) is 9.14.